The number of nitrogens with zero attached hydrogens (tertiary/aromatic N) is 1. The minimum atomic E-state index is -4.46. The van der Waals surface area contributed by atoms with Crippen LogP contribution in [0.15, 0.2) is 72.9 Å². The van der Waals surface area contributed by atoms with Crippen molar-refractivity contribution in [2.24, 2.45) is 0 Å². The number of carbonyl (C=O) groups is 2. The summed E-state index contributed by atoms with van der Waals surface area (Å²) in [5.41, 5.74) is 0. The summed E-state index contributed by atoms with van der Waals surface area (Å²) < 4.78 is 30.9. The average Bonchev–Trinajstić information content (AvgIpc) is 3.52. The van der Waals surface area contributed by atoms with E-state index in [1.54, 1.807) is 0 Å². The molecule has 496 valence electrons. The predicted molar refractivity (Wildman–Crippen MR) is 369 cm³/mol. The first-order valence-corrected chi connectivity index (χ1v) is 37.8. The molecule has 3 atom stereocenters. The largest absolute Gasteiger partial charge is 0.472 e. The Bertz CT molecular complexity index is 1680. The number of unbranched alkanes of at least 4 members (excludes halogenated alkanes) is 40. The Balaban J connectivity index is 5.10. The molecule has 1 amide bonds. The molecular formula is C75H140N2O7P+. The molecular weight excluding hydrogens is 1070 g/mol. The van der Waals surface area contributed by atoms with Crippen LogP contribution in [0.5, 0.6) is 0 Å². The number of nitrogens with one attached hydrogen (secondary N) is 1. The van der Waals surface area contributed by atoms with Gasteiger partial charge in [0.25, 0.3) is 0 Å². The van der Waals surface area contributed by atoms with Crippen LogP contribution in [0, 0.1) is 0 Å². The number of hydrogen-bond acceptors (Lipinski definition) is 6. The number of amides is 1. The highest BCUT2D eigenvalue weighted by Gasteiger charge is 2.30. The molecule has 85 heavy (non-hydrogen) atoms. The molecule has 0 aromatic heterocycles. The number of esters is 1. The van der Waals surface area contributed by atoms with Gasteiger partial charge in [-0.3, -0.25) is 18.6 Å². The van der Waals surface area contributed by atoms with Gasteiger partial charge in [-0.15, -0.1) is 0 Å². The minimum Gasteiger partial charge on any atom is -0.456 e. The summed E-state index contributed by atoms with van der Waals surface area (Å²) in [6, 6.07) is -0.855. The van der Waals surface area contributed by atoms with Crippen LogP contribution in [0.2, 0.25) is 0 Å². The molecule has 0 aliphatic heterocycles. The van der Waals surface area contributed by atoms with Crippen molar-refractivity contribution < 1.29 is 37.3 Å². The second-order valence-electron chi connectivity index (χ2n) is 25.7. The minimum absolute atomic E-state index is 0.0379. The highest BCUT2D eigenvalue weighted by molar-refractivity contribution is 7.47. The van der Waals surface area contributed by atoms with Gasteiger partial charge in [-0.2, -0.15) is 0 Å². The van der Waals surface area contributed by atoms with Crippen LogP contribution in [-0.2, 0) is 27.9 Å². The number of allylic oxidation sites excluding steroid dienone is 11. The Morgan fingerprint density at radius 3 is 1.13 bits per heavy atom. The van der Waals surface area contributed by atoms with Crippen molar-refractivity contribution in [1.29, 1.82) is 0 Å². The Kier molecular flexibility index (Phi) is 62.5. The molecule has 0 rings (SSSR count). The summed E-state index contributed by atoms with van der Waals surface area (Å²) >= 11 is 0. The van der Waals surface area contributed by atoms with Crippen molar-refractivity contribution >= 4 is 19.7 Å². The Labute approximate surface area is 527 Å². The number of quaternary nitrogens is 1. The monoisotopic (exact) mass is 1210 g/mol. The van der Waals surface area contributed by atoms with Gasteiger partial charge in [-0.1, -0.05) is 325 Å². The lowest BCUT2D eigenvalue weighted by atomic mass is 10.0. The zero-order valence-electron chi connectivity index (χ0n) is 56.9. The lowest BCUT2D eigenvalue weighted by Gasteiger charge is -2.27. The quantitative estimate of drug-likeness (QED) is 0.0205. The first-order chi connectivity index (χ1) is 41.4. The first-order valence-electron chi connectivity index (χ1n) is 36.3. The van der Waals surface area contributed by atoms with E-state index in [1.807, 2.05) is 33.3 Å². The van der Waals surface area contributed by atoms with Crippen LogP contribution in [0.3, 0.4) is 0 Å². The normalized spacial score (nSPS) is 13.9. The highest BCUT2D eigenvalue weighted by Crippen LogP contribution is 2.43. The third kappa shape index (κ3) is 65.7. The number of phosphoric acid groups is 1. The van der Waals surface area contributed by atoms with E-state index in [2.05, 4.69) is 86.8 Å². The number of phosphoric ester groups is 1. The van der Waals surface area contributed by atoms with Gasteiger partial charge in [0.15, 0.2) is 0 Å². The summed E-state index contributed by atoms with van der Waals surface area (Å²) in [6.07, 6.45) is 84.8. The number of rotatable bonds is 66. The zero-order chi connectivity index (χ0) is 62.1. The molecule has 0 bridgehead atoms. The van der Waals surface area contributed by atoms with Crippen molar-refractivity contribution in [2.75, 3.05) is 40.9 Å². The topological polar surface area (TPSA) is 111 Å². The Morgan fingerprint density at radius 1 is 0.424 bits per heavy atom. The average molecular weight is 1210 g/mol. The third-order valence-electron chi connectivity index (χ3n) is 16.2. The van der Waals surface area contributed by atoms with Crippen LogP contribution >= 0.6 is 7.82 Å². The molecule has 3 unspecified atom stereocenters. The lowest BCUT2D eigenvalue weighted by molar-refractivity contribution is -0.870. The van der Waals surface area contributed by atoms with Gasteiger partial charge in [0.2, 0.25) is 5.91 Å². The maximum atomic E-state index is 13.6. The molecule has 0 aromatic carbocycles. The first kappa shape index (κ1) is 82.5. The fourth-order valence-electron chi connectivity index (χ4n) is 10.6. The van der Waals surface area contributed by atoms with E-state index in [4.69, 9.17) is 13.8 Å². The summed E-state index contributed by atoms with van der Waals surface area (Å²) in [7, 11) is 1.50. The van der Waals surface area contributed by atoms with Crippen molar-refractivity contribution in [2.45, 2.75) is 354 Å². The fraction of sp³-hybridized carbons (Fsp3) is 0.813. The van der Waals surface area contributed by atoms with Gasteiger partial charge in [0.1, 0.15) is 19.3 Å². The smallest absolute Gasteiger partial charge is 0.456 e. The lowest BCUT2D eigenvalue weighted by Crippen LogP contribution is -2.47. The molecule has 9 nitrogen and oxygen atoms in total. The molecule has 0 spiro atoms. The summed E-state index contributed by atoms with van der Waals surface area (Å²) in [6.45, 7) is 6.94. The van der Waals surface area contributed by atoms with Gasteiger partial charge < -0.3 is 19.4 Å². The summed E-state index contributed by atoms with van der Waals surface area (Å²) in [5.74, 6) is -0.504. The van der Waals surface area contributed by atoms with Gasteiger partial charge in [0.05, 0.1) is 33.8 Å². The SMILES string of the molecule is CC/C=C\C/C=C\C/C=C\C/C=C\C/C=C\CCCCCCCCCC(=O)OC(/C=C/CCCCCCCCCCCCC)C(COP(=O)(O)OCC[N+](C)(C)C)NC(=O)CCCCCCCCCCCCCCCCCCCCCCCCC. The molecule has 0 radical (unpaired) electrons. The maximum absolute atomic E-state index is 13.6. The molecule has 0 aliphatic carbocycles. The van der Waals surface area contributed by atoms with Crippen molar-refractivity contribution in [3.8, 4) is 0 Å². The number of hydrogen-bond donors (Lipinski definition) is 2. The van der Waals surface area contributed by atoms with E-state index in [-0.39, 0.29) is 31.5 Å². The third-order valence-corrected chi connectivity index (χ3v) is 17.1. The predicted octanol–water partition coefficient (Wildman–Crippen LogP) is 23.1. The number of ether oxygens (including phenoxy) is 1. The zero-order valence-corrected chi connectivity index (χ0v) is 57.7. The van der Waals surface area contributed by atoms with Crippen LogP contribution < -0.4 is 5.32 Å². The Hall–Kier alpha value is -2.55. The van der Waals surface area contributed by atoms with Gasteiger partial charge >= 0.3 is 13.8 Å². The molecule has 10 heteroatoms. The van der Waals surface area contributed by atoms with E-state index in [0.717, 1.165) is 103 Å². The molecule has 2 N–H and O–H groups in total. The summed E-state index contributed by atoms with van der Waals surface area (Å²) in [5, 5.41) is 3.08. The fourth-order valence-corrected chi connectivity index (χ4v) is 11.4. The molecule has 0 saturated carbocycles. The van der Waals surface area contributed by atoms with Crippen LogP contribution in [0.25, 0.3) is 0 Å². The second-order valence-corrected chi connectivity index (χ2v) is 27.2. The van der Waals surface area contributed by atoms with Gasteiger partial charge in [-0.05, 0) is 76.7 Å². The standard InChI is InChI=1S/C75H139N2O7P/c1-7-10-13-16-19-22-25-28-30-32-34-36-38-40-42-44-46-49-52-55-58-61-64-67-74(78)76-72(71-83-85(80,81)82-70-69-77(4,5)6)73(66-63-60-57-54-51-48-27-24-21-18-15-12-9-3)84-75(79)68-65-62-59-56-53-50-47-45-43-41-39-37-35-33-31-29-26-23-20-17-14-11-8-2/h11,14,20,23,29,31,35,37,41,43,63,66,72-73H,7-10,12-13,15-19,21-22,24-28,30,32-34,36,38-40,42,44-62,64-65,67-71H2,1-6H3,(H-,76,78,80,81)/p+1/b14-11-,23-20-,31-29-,37-35-,43-41-,66-63+. The van der Waals surface area contributed by atoms with Crippen LogP contribution in [0.1, 0.15) is 342 Å². The van der Waals surface area contributed by atoms with E-state index in [1.165, 1.54) is 205 Å². The van der Waals surface area contributed by atoms with Gasteiger partial charge in [0, 0.05) is 12.8 Å². The maximum Gasteiger partial charge on any atom is 0.472 e. The van der Waals surface area contributed by atoms with Crippen molar-refractivity contribution in [3.05, 3.63) is 72.9 Å². The summed E-state index contributed by atoms with van der Waals surface area (Å²) in [4.78, 5) is 37.9. The number of likely N-dealkylation sites (N-methyl/N-ethyl adjacent to an activating group) is 1. The van der Waals surface area contributed by atoms with Crippen LogP contribution in [-0.4, -0.2) is 74.3 Å². The highest BCUT2D eigenvalue weighted by atomic mass is 31.2. The van der Waals surface area contributed by atoms with Crippen molar-refractivity contribution in [3.63, 3.8) is 0 Å². The van der Waals surface area contributed by atoms with Gasteiger partial charge in [-0.25, -0.2) is 4.57 Å². The Morgan fingerprint density at radius 2 is 0.753 bits per heavy atom. The van der Waals surface area contributed by atoms with E-state index >= 15 is 0 Å². The van der Waals surface area contributed by atoms with E-state index in [0.29, 0.717) is 17.4 Å². The second kappa shape index (κ2) is 64.4. The molecule has 0 aliphatic rings. The number of carbonyl (C=O) groups excluding carboxylic acids is 2. The molecule has 0 saturated heterocycles. The van der Waals surface area contributed by atoms with E-state index < -0.39 is 20.0 Å². The molecule has 0 fully saturated rings. The molecule has 0 heterocycles. The van der Waals surface area contributed by atoms with E-state index in [9.17, 15) is 19.0 Å². The molecule has 0 aromatic rings. The van der Waals surface area contributed by atoms with Crippen molar-refractivity contribution in [1.82, 2.24) is 5.32 Å². The van der Waals surface area contributed by atoms with Crippen LogP contribution in [0.4, 0.5) is 0 Å².